The predicted octanol–water partition coefficient (Wildman–Crippen LogP) is 4.65. The van der Waals surface area contributed by atoms with Gasteiger partial charge in [-0.3, -0.25) is 9.69 Å². The third-order valence-electron chi connectivity index (χ3n) is 5.83. The molecular weight excluding hydrogens is 530 g/mol. The summed E-state index contributed by atoms with van der Waals surface area (Å²) in [6.07, 6.45) is 2.05. The molecule has 1 fully saturated rings. The summed E-state index contributed by atoms with van der Waals surface area (Å²) in [6, 6.07) is 8.44. The Kier molecular flexibility index (Phi) is 11.0. The molecule has 1 aliphatic rings. The van der Waals surface area contributed by atoms with Crippen molar-refractivity contribution >= 4 is 27.7 Å². The fourth-order valence-electron chi connectivity index (χ4n) is 3.87. The van der Waals surface area contributed by atoms with Gasteiger partial charge in [-0.2, -0.15) is 0 Å². The first kappa shape index (κ1) is 28.0. The Morgan fingerprint density at radius 2 is 1.75 bits per heavy atom. The second kappa shape index (κ2) is 14.2. The van der Waals surface area contributed by atoms with E-state index in [0.717, 1.165) is 19.5 Å². The number of Topliss-reactive ketones (excluding diaryl/α,β-unsaturated/α-hetero) is 1. The standard InChI is InChI=1S/C27H34BrNO7/c1-3-5-22-24(9-7-21(19(2)30)26(22)31)34-13-4-14-35-25-8-6-20(18-23(25)28)27(32)36-17-12-29-10-15-33-16-11-29/h6-9,18,31H,3-5,10-17H2,1-2H3. The van der Waals surface area contributed by atoms with E-state index in [0.29, 0.717) is 85.1 Å². The van der Waals surface area contributed by atoms with Crippen LogP contribution in [0.2, 0.25) is 0 Å². The maximum atomic E-state index is 12.4. The number of hydrogen-bond donors (Lipinski definition) is 1. The molecule has 0 atom stereocenters. The Morgan fingerprint density at radius 1 is 1.06 bits per heavy atom. The van der Waals surface area contributed by atoms with E-state index in [4.69, 9.17) is 18.9 Å². The number of nitrogens with zero attached hydrogens (tertiary/aromatic N) is 1. The molecule has 0 aliphatic carbocycles. The summed E-state index contributed by atoms with van der Waals surface area (Å²) in [4.78, 5) is 26.3. The van der Waals surface area contributed by atoms with E-state index in [-0.39, 0.29) is 17.5 Å². The summed E-state index contributed by atoms with van der Waals surface area (Å²) in [7, 11) is 0. The summed E-state index contributed by atoms with van der Waals surface area (Å²) >= 11 is 3.46. The molecule has 196 valence electrons. The number of ether oxygens (including phenoxy) is 4. The molecular formula is C27H34BrNO7. The maximum absolute atomic E-state index is 12.4. The van der Waals surface area contributed by atoms with Gasteiger partial charge < -0.3 is 24.1 Å². The van der Waals surface area contributed by atoms with Gasteiger partial charge in [-0.05, 0) is 59.6 Å². The van der Waals surface area contributed by atoms with Gasteiger partial charge in [0.1, 0.15) is 23.9 Å². The summed E-state index contributed by atoms with van der Waals surface area (Å²) in [5, 5.41) is 10.5. The van der Waals surface area contributed by atoms with Crippen molar-refractivity contribution in [2.75, 3.05) is 52.7 Å². The van der Waals surface area contributed by atoms with Crippen molar-refractivity contribution in [1.82, 2.24) is 4.90 Å². The quantitative estimate of drug-likeness (QED) is 0.214. The largest absolute Gasteiger partial charge is 0.507 e. The van der Waals surface area contributed by atoms with Crippen LogP contribution in [0.15, 0.2) is 34.8 Å². The van der Waals surface area contributed by atoms with E-state index < -0.39 is 0 Å². The number of phenolic OH excluding ortho intramolecular Hbond substituents is 1. The molecule has 0 radical (unpaired) electrons. The number of carbonyl (C=O) groups excluding carboxylic acids is 2. The molecule has 8 nitrogen and oxygen atoms in total. The van der Waals surface area contributed by atoms with Gasteiger partial charge in [0.15, 0.2) is 5.78 Å². The van der Waals surface area contributed by atoms with Crippen molar-refractivity contribution in [3.05, 3.63) is 51.5 Å². The Morgan fingerprint density at radius 3 is 2.42 bits per heavy atom. The van der Waals surface area contributed by atoms with Crippen LogP contribution in [0.3, 0.4) is 0 Å². The van der Waals surface area contributed by atoms with Crippen molar-refractivity contribution in [1.29, 1.82) is 0 Å². The van der Waals surface area contributed by atoms with Gasteiger partial charge in [-0.1, -0.05) is 13.3 Å². The number of esters is 1. The average Bonchev–Trinajstić information content (AvgIpc) is 2.87. The van der Waals surface area contributed by atoms with Crippen LogP contribution in [0.4, 0.5) is 0 Å². The number of ketones is 1. The van der Waals surface area contributed by atoms with Crippen LogP contribution >= 0.6 is 15.9 Å². The number of halogens is 1. The molecule has 36 heavy (non-hydrogen) atoms. The lowest BCUT2D eigenvalue weighted by Crippen LogP contribution is -2.38. The molecule has 1 N–H and O–H groups in total. The molecule has 1 saturated heterocycles. The van der Waals surface area contributed by atoms with E-state index in [1.165, 1.54) is 6.92 Å². The summed E-state index contributed by atoms with van der Waals surface area (Å²) in [6.45, 7) is 8.41. The van der Waals surface area contributed by atoms with Crippen LogP contribution in [0.5, 0.6) is 17.2 Å². The molecule has 1 heterocycles. The second-order valence-corrected chi connectivity index (χ2v) is 9.38. The predicted molar refractivity (Wildman–Crippen MR) is 139 cm³/mol. The van der Waals surface area contributed by atoms with Gasteiger partial charge in [-0.15, -0.1) is 0 Å². The Balaban J connectivity index is 1.43. The lowest BCUT2D eigenvalue weighted by Gasteiger charge is -2.26. The van der Waals surface area contributed by atoms with Gasteiger partial charge in [-0.25, -0.2) is 4.79 Å². The molecule has 1 aliphatic heterocycles. The number of morpholine rings is 1. The summed E-state index contributed by atoms with van der Waals surface area (Å²) in [5.41, 5.74) is 1.42. The second-order valence-electron chi connectivity index (χ2n) is 8.53. The van der Waals surface area contributed by atoms with E-state index in [9.17, 15) is 14.7 Å². The first-order valence-electron chi connectivity index (χ1n) is 12.3. The highest BCUT2D eigenvalue weighted by Gasteiger charge is 2.16. The number of phenols is 1. The summed E-state index contributed by atoms with van der Waals surface area (Å²) in [5.74, 6) is 0.655. The monoisotopic (exact) mass is 563 g/mol. The van der Waals surface area contributed by atoms with Crippen molar-refractivity contribution < 1.29 is 33.6 Å². The Labute approximate surface area is 220 Å². The van der Waals surface area contributed by atoms with Crippen LogP contribution in [0.1, 0.15) is 53.0 Å². The molecule has 3 rings (SSSR count). The third kappa shape index (κ3) is 7.94. The zero-order chi connectivity index (χ0) is 25.9. The van der Waals surface area contributed by atoms with Crippen molar-refractivity contribution in [2.24, 2.45) is 0 Å². The SMILES string of the molecule is CCCc1c(OCCCOc2ccc(C(=O)OCCN3CCOCC3)cc2Br)ccc(C(C)=O)c1O. The number of rotatable bonds is 13. The topological polar surface area (TPSA) is 94.5 Å². The van der Waals surface area contributed by atoms with E-state index in [1.54, 1.807) is 30.3 Å². The van der Waals surface area contributed by atoms with Gasteiger partial charge in [0.25, 0.3) is 0 Å². The van der Waals surface area contributed by atoms with Crippen molar-refractivity contribution in [3.63, 3.8) is 0 Å². The molecule has 0 aromatic heterocycles. The van der Waals surface area contributed by atoms with E-state index in [2.05, 4.69) is 20.8 Å². The highest BCUT2D eigenvalue weighted by molar-refractivity contribution is 9.10. The van der Waals surface area contributed by atoms with Crippen LogP contribution in [-0.2, 0) is 15.9 Å². The van der Waals surface area contributed by atoms with Crippen LogP contribution < -0.4 is 9.47 Å². The Bertz CT molecular complexity index is 1040. The fourth-order valence-corrected chi connectivity index (χ4v) is 4.37. The Hall–Kier alpha value is -2.62. The van der Waals surface area contributed by atoms with E-state index >= 15 is 0 Å². The van der Waals surface area contributed by atoms with Gasteiger partial charge >= 0.3 is 5.97 Å². The van der Waals surface area contributed by atoms with Crippen LogP contribution in [-0.4, -0.2) is 74.4 Å². The normalized spacial score (nSPS) is 13.9. The van der Waals surface area contributed by atoms with Gasteiger partial charge in [0.05, 0.1) is 42.0 Å². The lowest BCUT2D eigenvalue weighted by atomic mass is 10.0. The zero-order valence-corrected chi connectivity index (χ0v) is 22.5. The zero-order valence-electron chi connectivity index (χ0n) is 20.9. The van der Waals surface area contributed by atoms with Gasteiger partial charge in [0, 0.05) is 31.6 Å². The molecule has 2 aromatic rings. The highest BCUT2D eigenvalue weighted by atomic mass is 79.9. The van der Waals surface area contributed by atoms with Gasteiger partial charge in [0.2, 0.25) is 0 Å². The van der Waals surface area contributed by atoms with Crippen LogP contribution in [0.25, 0.3) is 0 Å². The van der Waals surface area contributed by atoms with Crippen molar-refractivity contribution in [3.8, 4) is 17.2 Å². The first-order chi connectivity index (χ1) is 17.4. The number of aromatic hydroxyl groups is 1. The molecule has 2 aromatic carbocycles. The third-order valence-corrected chi connectivity index (χ3v) is 6.45. The molecule has 0 saturated carbocycles. The molecule has 0 amide bonds. The lowest BCUT2D eigenvalue weighted by molar-refractivity contribution is 0.0195. The summed E-state index contributed by atoms with van der Waals surface area (Å²) < 4.78 is 23.1. The molecule has 9 heteroatoms. The van der Waals surface area contributed by atoms with Crippen molar-refractivity contribution in [2.45, 2.75) is 33.1 Å². The number of benzene rings is 2. The fraction of sp³-hybridized carbons (Fsp3) is 0.481. The smallest absolute Gasteiger partial charge is 0.338 e. The minimum absolute atomic E-state index is 0.00161. The number of hydrogen-bond acceptors (Lipinski definition) is 8. The minimum atomic E-state index is -0.370. The highest BCUT2D eigenvalue weighted by Crippen LogP contribution is 2.33. The van der Waals surface area contributed by atoms with E-state index in [1.807, 2.05) is 6.92 Å². The number of carbonyl (C=O) groups is 2. The molecule has 0 bridgehead atoms. The first-order valence-corrected chi connectivity index (χ1v) is 13.1. The average molecular weight is 564 g/mol. The molecule has 0 unspecified atom stereocenters. The maximum Gasteiger partial charge on any atom is 0.338 e. The molecule has 0 spiro atoms. The van der Waals surface area contributed by atoms with Crippen LogP contribution in [0, 0.1) is 0 Å². The minimum Gasteiger partial charge on any atom is -0.507 e.